The van der Waals surface area contributed by atoms with Gasteiger partial charge in [-0.15, -0.1) is 0 Å². The monoisotopic (exact) mass is 401 g/mol. The Hall–Kier alpha value is -2.94. The first-order valence-corrected chi connectivity index (χ1v) is 9.77. The molecule has 156 valence electrons. The summed E-state index contributed by atoms with van der Waals surface area (Å²) < 4.78 is 4.93. The summed E-state index contributed by atoms with van der Waals surface area (Å²) in [6, 6.07) is 1.66. The summed E-state index contributed by atoms with van der Waals surface area (Å²) in [4.78, 5) is 44.0. The van der Waals surface area contributed by atoms with E-state index in [0.717, 1.165) is 11.3 Å². The number of carbonyl (C=O) groups is 3. The first kappa shape index (κ1) is 20.8. The average molecular weight is 401 g/mol. The number of aromatic amines is 1. The number of nitrogens with zero attached hydrogens (tertiary/aromatic N) is 3. The van der Waals surface area contributed by atoms with Gasteiger partial charge in [0.1, 0.15) is 11.5 Å². The highest BCUT2D eigenvalue weighted by Gasteiger charge is 2.28. The third-order valence-electron chi connectivity index (χ3n) is 5.13. The molecule has 0 radical (unpaired) electrons. The minimum absolute atomic E-state index is 0.0345. The van der Waals surface area contributed by atoms with E-state index in [2.05, 4.69) is 15.5 Å². The molecule has 2 aromatic rings. The molecular formula is C20H27N5O4. The molecule has 0 saturated carbocycles. The molecule has 0 spiro atoms. The maximum atomic E-state index is 13.0. The molecule has 1 fully saturated rings. The molecule has 9 nitrogen and oxygen atoms in total. The molecular weight excluding hydrogens is 374 g/mol. The van der Waals surface area contributed by atoms with Crippen LogP contribution in [0, 0.1) is 13.8 Å². The summed E-state index contributed by atoms with van der Waals surface area (Å²) in [5.74, 6) is 0.730. The molecule has 0 aromatic carbocycles. The molecule has 2 N–H and O–H groups in total. The molecule has 0 aliphatic carbocycles. The zero-order valence-corrected chi connectivity index (χ0v) is 17.3. The maximum absolute atomic E-state index is 13.0. The number of ketones is 1. The lowest BCUT2D eigenvalue weighted by molar-refractivity contribution is -0.117. The van der Waals surface area contributed by atoms with Gasteiger partial charge in [0.05, 0.1) is 6.54 Å². The largest absolute Gasteiger partial charge is 0.360 e. The minimum Gasteiger partial charge on any atom is -0.360 e. The summed E-state index contributed by atoms with van der Waals surface area (Å²) in [7, 11) is 0. The molecule has 29 heavy (non-hydrogen) atoms. The lowest BCUT2D eigenvalue weighted by Crippen LogP contribution is -2.50. The normalized spacial score (nSPS) is 14.8. The van der Waals surface area contributed by atoms with Gasteiger partial charge >= 0.3 is 0 Å². The van der Waals surface area contributed by atoms with Crippen LogP contribution >= 0.6 is 0 Å². The van der Waals surface area contributed by atoms with E-state index in [1.165, 1.54) is 6.92 Å². The summed E-state index contributed by atoms with van der Waals surface area (Å²) in [6.45, 7) is 9.50. The van der Waals surface area contributed by atoms with Crippen molar-refractivity contribution < 1.29 is 18.9 Å². The summed E-state index contributed by atoms with van der Waals surface area (Å²) >= 11 is 0. The second-order valence-corrected chi connectivity index (χ2v) is 7.33. The highest BCUT2D eigenvalue weighted by molar-refractivity contribution is 6.02. The number of carbonyl (C=O) groups excluding carboxylic acids is 3. The summed E-state index contributed by atoms with van der Waals surface area (Å²) in [5, 5.41) is 6.45. The van der Waals surface area contributed by atoms with Gasteiger partial charge in [-0.05, 0) is 32.8 Å². The van der Waals surface area contributed by atoms with Gasteiger partial charge in [-0.25, -0.2) is 0 Å². The predicted octanol–water partition coefficient (Wildman–Crippen LogP) is 1.78. The molecule has 1 aliphatic rings. The van der Waals surface area contributed by atoms with E-state index in [1.54, 1.807) is 17.9 Å². The first-order valence-electron chi connectivity index (χ1n) is 9.77. The Morgan fingerprint density at radius 2 is 1.90 bits per heavy atom. The van der Waals surface area contributed by atoms with Gasteiger partial charge in [-0.2, -0.15) is 0 Å². The number of aryl methyl sites for hydroxylation is 2. The molecule has 3 heterocycles. The SMILES string of the molecule is CCc1c(C(=O)N2CCN(CC(=O)Nc3cc(C)on3)CC2)[nH]c(C)c1C(C)=O. The standard InChI is InChI=1S/C20H27N5O4/c1-5-15-18(14(4)26)13(3)21-19(15)20(28)25-8-6-24(7-9-25)11-17(27)22-16-10-12(2)29-23-16/h10,21H,5-9,11H2,1-4H3,(H,22,23,27). The molecule has 3 rings (SSSR count). The lowest BCUT2D eigenvalue weighted by atomic mass is 10.0. The van der Waals surface area contributed by atoms with E-state index in [-0.39, 0.29) is 24.1 Å². The van der Waals surface area contributed by atoms with Crippen LogP contribution in [0.1, 0.15) is 51.7 Å². The molecule has 1 saturated heterocycles. The number of hydrogen-bond donors (Lipinski definition) is 2. The molecule has 0 unspecified atom stereocenters. The van der Waals surface area contributed by atoms with E-state index in [0.29, 0.717) is 55.4 Å². The van der Waals surface area contributed by atoms with Gasteiger partial charge in [0, 0.05) is 43.5 Å². The Morgan fingerprint density at radius 1 is 1.21 bits per heavy atom. The topological polar surface area (TPSA) is 112 Å². The van der Waals surface area contributed by atoms with E-state index in [4.69, 9.17) is 4.52 Å². The van der Waals surface area contributed by atoms with Crippen molar-refractivity contribution >= 4 is 23.4 Å². The van der Waals surface area contributed by atoms with Crippen molar-refractivity contribution in [3.63, 3.8) is 0 Å². The van der Waals surface area contributed by atoms with Gasteiger partial charge in [0.25, 0.3) is 5.91 Å². The Balaban J connectivity index is 1.58. The Bertz CT molecular complexity index is 921. The van der Waals surface area contributed by atoms with Crippen LogP contribution in [0.5, 0.6) is 0 Å². The minimum atomic E-state index is -0.169. The summed E-state index contributed by atoms with van der Waals surface area (Å²) in [6.07, 6.45) is 0.613. The van der Waals surface area contributed by atoms with Crippen LogP contribution in [0.3, 0.4) is 0 Å². The number of anilines is 1. The number of H-pyrrole nitrogens is 1. The van der Waals surface area contributed by atoms with Gasteiger partial charge in [0.2, 0.25) is 5.91 Å². The highest BCUT2D eigenvalue weighted by Crippen LogP contribution is 2.22. The van der Waals surface area contributed by atoms with Crippen molar-refractivity contribution in [3.8, 4) is 0 Å². The van der Waals surface area contributed by atoms with Gasteiger partial charge in [-0.1, -0.05) is 12.1 Å². The van der Waals surface area contributed by atoms with Crippen molar-refractivity contribution in [2.24, 2.45) is 0 Å². The van der Waals surface area contributed by atoms with E-state index in [1.807, 2.05) is 18.7 Å². The van der Waals surface area contributed by atoms with Crippen LogP contribution in [-0.2, 0) is 11.2 Å². The molecule has 0 bridgehead atoms. The number of amides is 2. The maximum Gasteiger partial charge on any atom is 0.270 e. The molecule has 0 atom stereocenters. The molecule has 2 amide bonds. The van der Waals surface area contributed by atoms with Gasteiger partial charge in [-0.3, -0.25) is 19.3 Å². The fraction of sp³-hybridized carbons (Fsp3) is 0.500. The van der Waals surface area contributed by atoms with Gasteiger partial charge < -0.3 is 19.7 Å². The fourth-order valence-electron chi connectivity index (χ4n) is 3.77. The van der Waals surface area contributed by atoms with E-state index < -0.39 is 0 Å². The Morgan fingerprint density at radius 3 is 2.45 bits per heavy atom. The van der Waals surface area contributed by atoms with E-state index >= 15 is 0 Å². The van der Waals surface area contributed by atoms with E-state index in [9.17, 15) is 14.4 Å². The van der Waals surface area contributed by atoms with Crippen LogP contribution in [-0.4, -0.2) is 70.3 Å². The average Bonchev–Trinajstić information content (AvgIpc) is 3.23. The van der Waals surface area contributed by atoms with Crippen molar-refractivity contribution in [2.45, 2.75) is 34.1 Å². The molecule has 2 aromatic heterocycles. The van der Waals surface area contributed by atoms with Crippen LogP contribution in [0.15, 0.2) is 10.6 Å². The number of Topliss-reactive ketones (excluding diaryl/α,β-unsaturated/α-hetero) is 1. The number of rotatable bonds is 6. The van der Waals surface area contributed by atoms with Crippen molar-refractivity contribution in [1.82, 2.24) is 19.9 Å². The second kappa shape index (κ2) is 8.60. The quantitative estimate of drug-likeness (QED) is 0.714. The predicted molar refractivity (Wildman–Crippen MR) is 107 cm³/mol. The molecule has 9 heteroatoms. The zero-order valence-electron chi connectivity index (χ0n) is 17.3. The number of aromatic nitrogens is 2. The van der Waals surface area contributed by atoms with Crippen LogP contribution in [0.25, 0.3) is 0 Å². The third-order valence-corrected chi connectivity index (χ3v) is 5.13. The summed E-state index contributed by atoms with van der Waals surface area (Å²) in [5.41, 5.74) is 2.64. The number of piperazine rings is 1. The van der Waals surface area contributed by atoms with Crippen LogP contribution in [0.2, 0.25) is 0 Å². The fourth-order valence-corrected chi connectivity index (χ4v) is 3.77. The Labute approximate surface area is 169 Å². The first-order chi connectivity index (χ1) is 13.8. The smallest absolute Gasteiger partial charge is 0.270 e. The lowest BCUT2D eigenvalue weighted by Gasteiger charge is -2.34. The highest BCUT2D eigenvalue weighted by atomic mass is 16.5. The third kappa shape index (κ3) is 4.56. The van der Waals surface area contributed by atoms with Crippen LogP contribution < -0.4 is 5.32 Å². The second-order valence-electron chi connectivity index (χ2n) is 7.33. The van der Waals surface area contributed by atoms with Crippen molar-refractivity contribution in [3.05, 3.63) is 34.3 Å². The Kier molecular flexibility index (Phi) is 6.17. The van der Waals surface area contributed by atoms with Gasteiger partial charge in [0.15, 0.2) is 11.6 Å². The molecule has 1 aliphatic heterocycles. The van der Waals surface area contributed by atoms with Crippen molar-refractivity contribution in [2.75, 3.05) is 38.0 Å². The van der Waals surface area contributed by atoms with Crippen LogP contribution in [0.4, 0.5) is 5.82 Å². The number of nitrogens with one attached hydrogen (secondary N) is 2. The van der Waals surface area contributed by atoms with Crippen molar-refractivity contribution in [1.29, 1.82) is 0 Å². The number of hydrogen-bond acceptors (Lipinski definition) is 6. The zero-order chi connectivity index (χ0) is 21.1.